The molecule has 2 heterocycles. The van der Waals surface area contributed by atoms with Crippen LogP contribution in [-0.2, 0) is 9.59 Å². The number of rotatable bonds is 4. The molecule has 1 aromatic heterocycles. The number of methoxy groups -OCH3 is 1. The van der Waals surface area contributed by atoms with Crippen molar-refractivity contribution in [2.24, 2.45) is 0 Å². The number of hydrogen-bond acceptors (Lipinski definition) is 7. The van der Waals surface area contributed by atoms with Gasteiger partial charge >= 0.3 is 5.91 Å². The maximum absolute atomic E-state index is 13.1. The number of amides is 1. The van der Waals surface area contributed by atoms with Gasteiger partial charge in [0.25, 0.3) is 5.78 Å². The fraction of sp³-hybridized carbons (Fsp3) is 0.174. The van der Waals surface area contributed by atoms with Crippen molar-refractivity contribution in [3.8, 4) is 11.5 Å². The molecular formula is C23H20N2O5S. The van der Waals surface area contributed by atoms with Gasteiger partial charge in [-0.15, -0.1) is 11.3 Å². The summed E-state index contributed by atoms with van der Waals surface area (Å²) in [5.74, 6) is -1.19. The number of aromatic nitrogens is 1. The molecule has 4 rings (SSSR count). The number of phenols is 1. The van der Waals surface area contributed by atoms with E-state index in [1.54, 1.807) is 36.4 Å². The zero-order valence-electron chi connectivity index (χ0n) is 17.1. The van der Waals surface area contributed by atoms with Crippen LogP contribution in [0.5, 0.6) is 11.5 Å². The molecule has 2 aromatic carbocycles. The highest BCUT2D eigenvalue weighted by atomic mass is 32.1. The quantitative estimate of drug-likeness (QED) is 0.363. The summed E-state index contributed by atoms with van der Waals surface area (Å²) in [5.41, 5.74) is 1.68. The Morgan fingerprint density at radius 3 is 2.26 bits per heavy atom. The fourth-order valence-corrected chi connectivity index (χ4v) is 4.40. The summed E-state index contributed by atoms with van der Waals surface area (Å²) in [6.07, 6.45) is 0. The molecule has 0 radical (unpaired) electrons. The van der Waals surface area contributed by atoms with Crippen LogP contribution in [0, 0.1) is 13.8 Å². The van der Waals surface area contributed by atoms with E-state index >= 15 is 0 Å². The summed E-state index contributed by atoms with van der Waals surface area (Å²) in [4.78, 5) is 32.8. The standard InChI is InChI=1S/C23H20N2O5S/c1-12-13(2)31-23(24-12)25-19(14-4-8-16(26)9-5-14)18(21(28)22(25)29)20(27)15-6-10-17(30-3)11-7-15/h4-11,19,26-27H,1-3H3. The number of carbonyl (C=O) groups is 2. The molecule has 1 amide bonds. The molecule has 1 saturated heterocycles. The molecule has 0 bridgehead atoms. The molecule has 2 N–H and O–H groups in total. The lowest BCUT2D eigenvalue weighted by Gasteiger charge is -2.23. The first kappa shape index (κ1) is 20.6. The molecule has 0 saturated carbocycles. The predicted octanol–water partition coefficient (Wildman–Crippen LogP) is 4.10. The molecule has 8 heteroatoms. The highest BCUT2D eigenvalue weighted by molar-refractivity contribution is 7.16. The minimum absolute atomic E-state index is 0.0358. The van der Waals surface area contributed by atoms with Crippen LogP contribution in [0.1, 0.15) is 27.7 Å². The molecule has 0 spiro atoms. The maximum atomic E-state index is 13.1. The third-order valence-electron chi connectivity index (χ3n) is 5.24. The first-order valence-electron chi connectivity index (χ1n) is 9.50. The van der Waals surface area contributed by atoms with Gasteiger partial charge in [-0.2, -0.15) is 0 Å². The molecule has 1 unspecified atom stereocenters. The van der Waals surface area contributed by atoms with Crippen molar-refractivity contribution < 1.29 is 24.5 Å². The van der Waals surface area contributed by atoms with E-state index < -0.39 is 17.7 Å². The number of nitrogens with zero attached hydrogens (tertiary/aromatic N) is 2. The van der Waals surface area contributed by atoms with Crippen LogP contribution in [0.3, 0.4) is 0 Å². The van der Waals surface area contributed by atoms with Crippen LogP contribution in [0.15, 0.2) is 54.1 Å². The topological polar surface area (TPSA) is 100.0 Å². The van der Waals surface area contributed by atoms with Gasteiger partial charge in [0.05, 0.1) is 24.4 Å². The molecule has 1 aliphatic rings. The van der Waals surface area contributed by atoms with Gasteiger partial charge in [-0.3, -0.25) is 14.5 Å². The Hall–Kier alpha value is -3.65. The monoisotopic (exact) mass is 436 g/mol. The van der Waals surface area contributed by atoms with Crippen LogP contribution < -0.4 is 9.64 Å². The minimum atomic E-state index is -0.882. The number of aromatic hydroxyl groups is 1. The van der Waals surface area contributed by atoms with Crippen LogP contribution >= 0.6 is 11.3 Å². The van der Waals surface area contributed by atoms with E-state index in [0.717, 1.165) is 10.6 Å². The van der Waals surface area contributed by atoms with E-state index in [9.17, 15) is 19.8 Å². The van der Waals surface area contributed by atoms with Gasteiger partial charge in [-0.1, -0.05) is 12.1 Å². The summed E-state index contributed by atoms with van der Waals surface area (Å²) in [6, 6.07) is 11.9. The number of carbonyl (C=O) groups excluding carboxylic acids is 2. The number of Topliss-reactive ketones (excluding diaryl/α,β-unsaturated/α-hetero) is 1. The Balaban J connectivity index is 1.92. The lowest BCUT2D eigenvalue weighted by molar-refractivity contribution is -0.132. The third kappa shape index (κ3) is 3.55. The zero-order valence-corrected chi connectivity index (χ0v) is 17.9. The van der Waals surface area contributed by atoms with Gasteiger partial charge in [-0.25, -0.2) is 4.98 Å². The van der Waals surface area contributed by atoms with Crippen molar-refractivity contribution in [3.05, 3.63) is 75.8 Å². The van der Waals surface area contributed by atoms with Crippen molar-refractivity contribution >= 4 is 33.9 Å². The summed E-state index contributed by atoms with van der Waals surface area (Å²) in [7, 11) is 1.53. The highest BCUT2D eigenvalue weighted by Gasteiger charge is 2.48. The molecule has 1 atom stereocenters. The lowest BCUT2D eigenvalue weighted by atomic mass is 9.95. The van der Waals surface area contributed by atoms with Gasteiger partial charge in [0.15, 0.2) is 5.13 Å². The van der Waals surface area contributed by atoms with Crippen molar-refractivity contribution in [1.29, 1.82) is 0 Å². The number of ketones is 1. The summed E-state index contributed by atoms with van der Waals surface area (Å²) >= 11 is 1.31. The molecule has 1 aliphatic heterocycles. The largest absolute Gasteiger partial charge is 0.508 e. The van der Waals surface area contributed by atoms with E-state index in [2.05, 4.69) is 4.98 Å². The number of thiazole rings is 1. The van der Waals surface area contributed by atoms with E-state index in [1.165, 1.54) is 35.5 Å². The summed E-state index contributed by atoms with van der Waals surface area (Å²) < 4.78 is 5.15. The molecule has 0 aliphatic carbocycles. The first-order valence-corrected chi connectivity index (χ1v) is 10.3. The minimum Gasteiger partial charge on any atom is -0.508 e. The average Bonchev–Trinajstić information content (AvgIpc) is 3.23. The van der Waals surface area contributed by atoms with Crippen molar-refractivity contribution in [3.63, 3.8) is 0 Å². The number of aliphatic hydroxyl groups is 1. The highest BCUT2D eigenvalue weighted by Crippen LogP contribution is 2.44. The van der Waals surface area contributed by atoms with Crippen LogP contribution in [0.25, 0.3) is 5.76 Å². The Morgan fingerprint density at radius 2 is 1.71 bits per heavy atom. The van der Waals surface area contributed by atoms with Crippen LogP contribution in [-0.4, -0.2) is 34.0 Å². The Labute approximate surface area is 182 Å². The SMILES string of the molecule is COc1ccc(C(O)=C2C(=O)C(=O)N(c3nc(C)c(C)s3)C2c2ccc(O)cc2)cc1. The number of aryl methyl sites for hydroxylation is 2. The fourth-order valence-electron chi connectivity index (χ4n) is 3.47. The number of hydrogen-bond donors (Lipinski definition) is 2. The van der Waals surface area contributed by atoms with E-state index in [-0.39, 0.29) is 17.1 Å². The number of benzene rings is 2. The van der Waals surface area contributed by atoms with Crippen molar-refractivity contribution in [2.75, 3.05) is 12.0 Å². The predicted molar refractivity (Wildman–Crippen MR) is 117 cm³/mol. The number of ether oxygens (including phenoxy) is 1. The summed E-state index contributed by atoms with van der Waals surface area (Å²) in [6.45, 7) is 3.72. The van der Waals surface area contributed by atoms with Crippen LogP contribution in [0.2, 0.25) is 0 Å². The molecule has 7 nitrogen and oxygen atoms in total. The van der Waals surface area contributed by atoms with Gasteiger partial charge in [0, 0.05) is 10.4 Å². The second-order valence-corrected chi connectivity index (χ2v) is 8.31. The van der Waals surface area contributed by atoms with E-state index in [0.29, 0.717) is 22.0 Å². The molecule has 158 valence electrons. The normalized spacial score (nSPS) is 17.9. The average molecular weight is 436 g/mol. The van der Waals surface area contributed by atoms with Crippen LogP contribution in [0.4, 0.5) is 5.13 Å². The molecular weight excluding hydrogens is 416 g/mol. The zero-order chi connectivity index (χ0) is 22.3. The molecule has 1 fully saturated rings. The second-order valence-electron chi connectivity index (χ2n) is 7.13. The Morgan fingerprint density at radius 1 is 1.06 bits per heavy atom. The number of aliphatic hydroxyl groups excluding tert-OH is 1. The number of phenolic OH excluding ortho intramolecular Hbond substituents is 1. The van der Waals surface area contributed by atoms with E-state index in [1.807, 2.05) is 13.8 Å². The molecule has 31 heavy (non-hydrogen) atoms. The first-order chi connectivity index (χ1) is 14.8. The smallest absolute Gasteiger partial charge is 0.301 e. The van der Waals surface area contributed by atoms with Gasteiger partial charge in [0.1, 0.15) is 17.3 Å². The maximum Gasteiger partial charge on any atom is 0.301 e. The number of anilines is 1. The summed E-state index contributed by atoms with van der Waals surface area (Å²) in [5, 5.41) is 21.1. The second kappa shape index (κ2) is 7.88. The Kier molecular flexibility index (Phi) is 5.24. The Bertz CT molecular complexity index is 1180. The lowest BCUT2D eigenvalue weighted by Crippen LogP contribution is -2.29. The van der Waals surface area contributed by atoms with E-state index in [4.69, 9.17) is 4.74 Å². The van der Waals surface area contributed by atoms with Crippen molar-refractivity contribution in [1.82, 2.24) is 4.98 Å². The molecule has 3 aromatic rings. The van der Waals surface area contributed by atoms with Gasteiger partial charge < -0.3 is 14.9 Å². The third-order valence-corrected chi connectivity index (χ3v) is 6.31. The van der Waals surface area contributed by atoms with Crippen molar-refractivity contribution in [2.45, 2.75) is 19.9 Å². The van der Waals surface area contributed by atoms with Gasteiger partial charge in [-0.05, 0) is 55.8 Å². The van der Waals surface area contributed by atoms with Gasteiger partial charge in [0.2, 0.25) is 0 Å².